The third kappa shape index (κ3) is 3.51. The SMILES string of the molecule is C[C@@H]1CCC[C@@H](NC(=O)N[C@H](c2nccs2)C2CC2)C1. The third-order valence-corrected chi connectivity index (χ3v) is 5.23. The van der Waals surface area contributed by atoms with E-state index in [0.29, 0.717) is 12.0 Å². The molecule has 3 atom stereocenters. The lowest BCUT2D eigenvalue weighted by molar-refractivity contribution is 0.222. The van der Waals surface area contributed by atoms with E-state index in [0.717, 1.165) is 23.8 Å². The Morgan fingerprint density at radius 1 is 1.40 bits per heavy atom. The Morgan fingerprint density at radius 3 is 2.90 bits per heavy atom. The quantitative estimate of drug-likeness (QED) is 0.893. The predicted octanol–water partition coefficient (Wildman–Crippen LogP) is 3.47. The van der Waals surface area contributed by atoms with Crippen LogP contribution in [0.4, 0.5) is 4.79 Å². The molecule has 110 valence electrons. The van der Waals surface area contributed by atoms with Crippen LogP contribution in [-0.4, -0.2) is 17.1 Å². The summed E-state index contributed by atoms with van der Waals surface area (Å²) in [4.78, 5) is 16.6. The highest BCUT2D eigenvalue weighted by Gasteiger charge is 2.35. The van der Waals surface area contributed by atoms with Crippen molar-refractivity contribution in [1.82, 2.24) is 15.6 Å². The minimum Gasteiger partial charge on any atom is -0.335 e. The Hall–Kier alpha value is -1.10. The average Bonchev–Trinajstić information content (AvgIpc) is 3.10. The average molecular weight is 293 g/mol. The molecule has 0 radical (unpaired) electrons. The highest BCUT2D eigenvalue weighted by Crippen LogP contribution is 2.41. The van der Waals surface area contributed by atoms with Crippen LogP contribution < -0.4 is 10.6 Å². The first-order valence-corrected chi connectivity index (χ1v) is 8.56. The van der Waals surface area contributed by atoms with Crippen molar-refractivity contribution in [3.63, 3.8) is 0 Å². The fourth-order valence-electron chi connectivity index (χ4n) is 3.13. The van der Waals surface area contributed by atoms with Crippen molar-refractivity contribution in [3.8, 4) is 0 Å². The van der Waals surface area contributed by atoms with Crippen LogP contribution in [0.5, 0.6) is 0 Å². The minimum atomic E-state index is -0.0174. The first-order chi connectivity index (χ1) is 9.72. The number of thiazole rings is 1. The summed E-state index contributed by atoms with van der Waals surface area (Å²) in [5.74, 6) is 1.31. The van der Waals surface area contributed by atoms with Crippen LogP contribution in [0.15, 0.2) is 11.6 Å². The molecule has 3 rings (SSSR count). The van der Waals surface area contributed by atoms with Crippen LogP contribution in [0.1, 0.15) is 56.5 Å². The van der Waals surface area contributed by atoms with Crippen molar-refractivity contribution in [2.75, 3.05) is 0 Å². The number of aromatic nitrogens is 1. The number of urea groups is 1. The summed E-state index contributed by atoms with van der Waals surface area (Å²) in [7, 11) is 0. The van der Waals surface area contributed by atoms with Crippen LogP contribution in [-0.2, 0) is 0 Å². The number of carbonyl (C=O) groups excluding carboxylic acids is 1. The van der Waals surface area contributed by atoms with Crippen LogP contribution in [0.25, 0.3) is 0 Å². The number of hydrogen-bond acceptors (Lipinski definition) is 3. The van der Waals surface area contributed by atoms with Crippen molar-refractivity contribution in [2.24, 2.45) is 11.8 Å². The fourth-order valence-corrected chi connectivity index (χ4v) is 3.91. The van der Waals surface area contributed by atoms with Crippen LogP contribution >= 0.6 is 11.3 Å². The molecule has 2 N–H and O–H groups in total. The van der Waals surface area contributed by atoms with Crippen molar-refractivity contribution in [2.45, 2.75) is 57.5 Å². The maximum absolute atomic E-state index is 12.2. The van der Waals surface area contributed by atoms with Gasteiger partial charge in [-0.15, -0.1) is 11.3 Å². The molecule has 0 aromatic carbocycles. The van der Waals surface area contributed by atoms with E-state index < -0.39 is 0 Å². The Kier molecular flexibility index (Phi) is 4.24. The van der Waals surface area contributed by atoms with Gasteiger partial charge in [-0.3, -0.25) is 0 Å². The summed E-state index contributed by atoms with van der Waals surface area (Å²) >= 11 is 1.63. The maximum Gasteiger partial charge on any atom is 0.315 e. The Balaban J connectivity index is 1.54. The Labute approximate surface area is 124 Å². The molecular weight excluding hydrogens is 270 g/mol. The minimum absolute atomic E-state index is 0.0174. The Bertz CT molecular complexity index is 444. The number of amides is 2. The molecule has 0 unspecified atom stereocenters. The first kappa shape index (κ1) is 13.9. The summed E-state index contributed by atoms with van der Waals surface area (Å²) < 4.78 is 0. The second-order valence-electron chi connectivity index (χ2n) is 6.27. The lowest BCUT2D eigenvalue weighted by atomic mass is 9.87. The van der Waals surface area contributed by atoms with Gasteiger partial charge in [0, 0.05) is 17.6 Å². The third-order valence-electron chi connectivity index (χ3n) is 4.37. The van der Waals surface area contributed by atoms with Crippen LogP contribution in [0, 0.1) is 11.8 Å². The second kappa shape index (κ2) is 6.12. The van der Waals surface area contributed by atoms with Crippen molar-refractivity contribution in [1.29, 1.82) is 0 Å². The molecule has 2 fully saturated rings. The van der Waals surface area contributed by atoms with E-state index in [1.54, 1.807) is 11.3 Å². The van der Waals surface area contributed by atoms with Gasteiger partial charge in [0.2, 0.25) is 0 Å². The lowest BCUT2D eigenvalue weighted by Crippen LogP contribution is -2.45. The summed E-state index contributed by atoms with van der Waals surface area (Å²) in [6.07, 6.45) is 8.96. The highest BCUT2D eigenvalue weighted by atomic mass is 32.1. The van der Waals surface area contributed by atoms with Crippen LogP contribution in [0.3, 0.4) is 0 Å². The maximum atomic E-state index is 12.2. The zero-order valence-electron chi connectivity index (χ0n) is 12.0. The molecule has 2 aliphatic carbocycles. The molecule has 0 spiro atoms. The molecule has 0 saturated heterocycles. The van der Waals surface area contributed by atoms with Crippen LogP contribution in [0.2, 0.25) is 0 Å². The molecule has 1 heterocycles. The van der Waals surface area contributed by atoms with E-state index in [4.69, 9.17) is 0 Å². The smallest absolute Gasteiger partial charge is 0.315 e. The van der Waals surface area contributed by atoms with Gasteiger partial charge in [0.15, 0.2) is 0 Å². The van der Waals surface area contributed by atoms with E-state index in [2.05, 4.69) is 22.5 Å². The van der Waals surface area contributed by atoms with Gasteiger partial charge in [-0.1, -0.05) is 19.8 Å². The molecular formula is C15H23N3OS. The largest absolute Gasteiger partial charge is 0.335 e. The lowest BCUT2D eigenvalue weighted by Gasteiger charge is -2.28. The second-order valence-corrected chi connectivity index (χ2v) is 7.20. The molecule has 1 aromatic heterocycles. The fraction of sp³-hybridized carbons (Fsp3) is 0.733. The molecule has 5 heteroatoms. The van der Waals surface area contributed by atoms with Gasteiger partial charge < -0.3 is 10.6 Å². The molecule has 0 aliphatic heterocycles. The molecule has 4 nitrogen and oxygen atoms in total. The van der Waals surface area contributed by atoms with Gasteiger partial charge >= 0.3 is 6.03 Å². The molecule has 2 saturated carbocycles. The normalized spacial score (nSPS) is 27.9. The summed E-state index contributed by atoms with van der Waals surface area (Å²) in [6.45, 7) is 2.27. The first-order valence-electron chi connectivity index (χ1n) is 7.69. The van der Waals surface area contributed by atoms with Crippen molar-refractivity contribution < 1.29 is 4.79 Å². The summed E-state index contributed by atoms with van der Waals surface area (Å²) in [5.41, 5.74) is 0. The summed E-state index contributed by atoms with van der Waals surface area (Å²) in [6, 6.07) is 0.433. The van der Waals surface area contributed by atoms with Gasteiger partial charge in [-0.05, 0) is 37.5 Å². The van der Waals surface area contributed by atoms with E-state index in [1.807, 2.05) is 11.6 Å². The zero-order chi connectivity index (χ0) is 13.9. The van der Waals surface area contributed by atoms with Gasteiger partial charge in [0.05, 0.1) is 6.04 Å². The van der Waals surface area contributed by atoms with E-state index in [-0.39, 0.29) is 12.1 Å². The standard InChI is InChI=1S/C15H23N3OS/c1-10-3-2-4-12(9-10)17-15(19)18-13(11-5-6-11)14-16-7-8-20-14/h7-8,10-13H,2-6,9H2,1H3,(H2,17,18,19)/t10-,12-,13+/m1/s1. The van der Waals surface area contributed by atoms with Crippen molar-refractivity contribution in [3.05, 3.63) is 16.6 Å². The molecule has 1 aromatic rings. The number of nitrogens with one attached hydrogen (secondary N) is 2. The van der Waals surface area contributed by atoms with Gasteiger partial charge in [-0.25, -0.2) is 9.78 Å². The van der Waals surface area contributed by atoms with Gasteiger partial charge in [0.1, 0.15) is 5.01 Å². The predicted molar refractivity (Wildman–Crippen MR) is 80.7 cm³/mol. The number of hydrogen-bond donors (Lipinski definition) is 2. The topological polar surface area (TPSA) is 54.0 Å². The molecule has 2 aliphatic rings. The number of rotatable bonds is 4. The van der Waals surface area contributed by atoms with Gasteiger partial charge in [-0.2, -0.15) is 0 Å². The van der Waals surface area contributed by atoms with E-state index >= 15 is 0 Å². The van der Waals surface area contributed by atoms with Gasteiger partial charge in [0.25, 0.3) is 0 Å². The molecule has 2 amide bonds. The number of carbonyl (C=O) groups is 1. The highest BCUT2D eigenvalue weighted by molar-refractivity contribution is 7.09. The van der Waals surface area contributed by atoms with Crippen molar-refractivity contribution >= 4 is 17.4 Å². The molecule has 0 bridgehead atoms. The molecule has 20 heavy (non-hydrogen) atoms. The zero-order valence-corrected chi connectivity index (χ0v) is 12.8. The van der Waals surface area contributed by atoms with E-state index in [1.165, 1.54) is 25.7 Å². The summed E-state index contributed by atoms with van der Waals surface area (Å²) in [5, 5.41) is 9.31. The number of nitrogens with zero attached hydrogens (tertiary/aromatic N) is 1. The Morgan fingerprint density at radius 2 is 2.25 bits per heavy atom. The van der Waals surface area contributed by atoms with E-state index in [9.17, 15) is 4.79 Å². The monoisotopic (exact) mass is 293 g/mol.